The van der Waals surface area contributed by atoms with Crippen LogP contribution in [0.25, 0.3) is 0 Å². The maximum absolute atomic E-state index is 3.69. The quantitative estimate of drug-likeness (QED) is 0.768. The summed E-state index contributed by atoms with van der Waals surface area (Å²) in [4.78, 5) is 0. The number of allylic oxidation sites excluding steroid dienone is 1. The van der Waals surface area contributed by atoms with Gasteiger partial charge in [-0.1, -0.05) is 63.6 Å². The zero-order valence-corrected chi connectivity index (χ0v) is 12.8. The van der Waals surface area contributed by atoms with Gasteiger partial charge in [0.25, 0.3) is 0 Å². The van der Waals surface area contributed by atoms with E-state index in [-0.39, 0.29) is 5.41 Å². The Morgan fingerprint density at radius 1 is 1.21 bits per heavy atom. The summed E-state index contributed by atoms with van der Waals surface area (Å²) in [5.74, 6) is 0. The first-order chi connectivity index (χ1) is 9.04. The summed E-state index contributed by atoms with van der Waals surface area (Å²) in [6, 6.07) is 9.32. The van der Waals surface area contributed by atoms with Gasteiger partial charge in [0.05, 0.1) is 6.04 Å². The normalized spacial score (nSPS) is 17.4. The van der Waals surface area contributed by atoms with Crippen LogP contribution in [0.5, 0.6) is 0 Å². The molecule has 1 aliphatic carbocycles. The van der Waals surface area contributed by atoms with Crippen molar-refractivity contribution in [2.24, 2.45) is 0 Å². The van der Waals surface area contributed by atoms with Crippen molar-refractivity contribution >= 4 is 0 Å². The van der Waals surface area contributed by atoms with Gasteiger partial charge >= 0.3 is 0 Å². The van der Waals surface area contributed by atoms with Gasteiger partial charge in [0.15, 0.2) is 0 Å². The first kappa shape index (κ1) is 14.3. The molecule has 104 valence electrons. The van der Waals surface area contributed by atoms with Crippen LogP contribution < -0.4 is 5.32 Å². The highest BCUT2D eigenvalue weighted by Crippen LogP contribution is 2.36. The van der Waals surface area contributed by atoms with Crippen molar-refractivity contribution in [3.63, 3.8) is 0 Å². The van der Waals surface area contributed by atoms with E-state index in [1.54, 1.807) is 5.57 Å². The van der Waals surface area contributed by atoms with Gasteiger partial charge in [-0.3, -0.25) is 0 Å². The average molecular weight is 257 g/mol. The van der Waals surface area contributed by atoms with Gasteiger partial charge in [-0.25, -0.2) is 0 Å². The number of rotatable bonds is 4. The van der Waals surface area contributed by atoms with Gasteiger partial charge in [-0.2, -0.15) is 0 Å². The molecule has 0 amide bonds. The lowest BCUT2D eigenvalue weighted by atomic mass is 9.80. The third kappa shape index (κ3) is 3.27. The van der Waals surface area contributed by atoms with Crippen LogP contribution in [0.15, 0.2) is 35.9 Å². The van der Waals surface area contributed by atoms with Crippen molar-refractivity contribution in [3.05, 3.63) is 47.0 Å². The van der Waals surface area contributed by atoms with Gasteiger partial charge in [-0.15, -0.1) is 0 Å². The van der Waals surface area contributed by atoms with Crippen LogP contribution in [0.1, 0.15) is 64.1 Å². The Morgan fingerprint density at radius 2 is 1.95 bits per heavy atom. The van der Waals surface area contributed by atoms with Gasteiger partial charge < -0.3 is 5.32 Å². The van der Waals surface area contributed by atoms with Gasteiger partial charge in [-0.05, 0) is 42.3 Å². The molecule has 0 radical (unpaired) electrons. The molecule has 0 fully saturated rings. The fourth-order valence-electron chi connectivity index (χ4n) is 3.03. The number of likely N-dealkylation sites (N-methyl/N-ethyl adjacent to an activating group) is 1. The monoisotopic (exact) mass is 257 g/mol. The molecule has 1 unspecified atom stereocenters. The molecule has 0 aliphatic heterocycles. The van der Waals surface area contributed by atoms with E-state index in [0.29, 0.717) is 6.04 Å². The molecule has 1 heteroatoms. The number of hydrogen-bond acceptors (Lipinski definition) is 1. The molecule has 0 saturated heterocycles. The lowest BCUT2D eigenvalue weighted by Gasteiger charge is -2.29. The Morgan fingerprint density at radius 3 is 2.53 bits per heavy atom. The summed E-state index contributed by atoms with van der Waals surface area (Å²) >= 11 is 0. The molecule has 0 bridgehead atoms. The average Bonchev–Trinajstić information content (AvgIpc) is 2.88. The third-order valence-corrected chi connectivity index (χ3v) is 3.93. The van der Waals surface area contributed by atoms with Crippen LogP contribution in [-0.2, 0) is 5.41 Å². The number of nitrogens with one attached hydrogen (secondary N) is 1. The lowest BCUT2D eigenvalue weighted by molar-refractivity contribution is 0.549. The van der Waals surface area contributed by atoms with Crippen LogP contribution in [-0.4, -0.2) is 6.54 Å². The minimum Gasteiger partial charge on any atom is -0.307 e. The van der Waals surface area contributed by atoms with E-state index < -0.39 is 0 Å². The zero-order valence-electron chi connectivity index (χ0n) is 12.8. The highest BCUT2D eigenvalue weighted by atomic mass is 14.9. The predicted octanol–water partition coefficient (Wildman–Crippen LogP) is 4.75. The van der Waals surface area contributed by atoms with Crippen molar-refractivity contribution in [3.8, 4) is 0 Å². The number of benzene rings is 1. The second kappa shape index (κ2) is 5.92. The van der Waals surface area contributed by atoms with E-state index in [9.17, 15) is 0 Å². The Kier molecular flexibility index (Phi) is 4.46. The van der Waals surface area contributed by atoms with Crippen molar-refractivity contribution in [1.82, 2.24) is 5.32 Å². The summed E-state index contributed by atoms with van der Waals surface area (Å²) < 4.78 is 0. The maximum Gasteiger partial charge on any atom is 0.0538 e. The minimum atomic E-state index is 0.198. The van der Waals surface area contributed by atoms with Crippen molar-refractivity contribution in [1.29, 1.82) is 0 Å². The molecule has 19 heavy (non-hydrogen) atoms. The van der Waals surface area contributed by atoms with Crippen LogP contribution in [0, 0.1) is 0 Å². The van der Waals surface area contributed by atoms with Crippen LogP contribution in [0.3, 0.4) is 0 Å². The molecule has 1 nitrogen and oxygen atoms in total. The molecule has 2 rings (SSSR count). The second-order valence-corrected chi connectivity index (χ2v) is 6.50. The SMILES string of the molecule is CCNC(C1=CCCC1)c1ccccc1C(C)(C)C. The Bertz CT molecular complexity index is 451. The van der Waals surface area contributed by atoms with Crippen LogP contribution >= 0.6 is 0 Å². The summed E-state index contributed by atoms with van der Waals surface area (Å²) in [5, 5.41) is 3.69. The molecule has 0 spiro atoms. The fraction of sp³-hybridized carbons (Fsp3) is 0.556. The van der Waals surface area contributed by atoms with E-state index in [2.05, 4.69) is 63.4 Å². The smallest absolute Gasteiger partial charge is 0.0538 e. The Hall–Kier alpha value is -1.08. The largest absolute Gasteiger partial charge is 0.307 e. The molecular weight excluding hydrogens is 230 g/mol. The van der Waals surface area contributed by atoms with E-state index in [0.717, 1.165) is 6.54 Å². The summed E-state index contributed by atoms with van der Waals surface area (Å²) in [5.41, 5.74) is 4.71. The van der Waals surface area contributed by atoms with Gasteiger partial charge in [0.2, 0.25) is 0 Å². The van der Waals surface area contributed by atoms with Crippen molar-refractivity contribution in [2.75, 3.05) is 6.54 Å². The van der Waals surface area contributed by atoms with E-state index in [1.165, 1.54) is 30.4 Å². The Labute approximate surface area is 118 Å². The van der Waals surface area contributed by atoms with E-state index in [4.69, 9.17) is 0 Å². The standard InChI is InChI=1S/C18H27N/c1-5-19-17(14-10-6-7-11-14)15-12-8-9-13-16(15)18(2,3)4/h8-10,12-13,17,19H,5-7,11H2,1-4H3. The second-order valence-electron chi connectivity index (χ2n) is 6.50. The van der Waals surface area contributed by atoms with E-state index >= 15 is 0 Å². The maximum atomic E-state index is 3.69. The van der Waals surface area contributed by atoms with Crippen LogP contribution in [0.4, 0.5) is 0 Å². The molecule has 1 atom stereocenters. The Balaban J connectivity index is 2.42. The lowest BCUT2D eigenvalue weighted by Crippen LogP contribution is -2.26. The van der Waals surface area contributed by atoms with Gasteiger partial charge in [0, 0.05) is 0 Å². The zero-order chi connectivity index (χ0) is 13.9. The molecule has 1 aromatic rings. The van der Waals surface area contributed by atoms with Crippen LogP contribution in [0.2, 0.25) is 0 Å². The van der Waals surface area contributed by atoms with Gasteiger partial charge in [0.1, 0.15) is 0 Å². The molecule has 0 aromatic heterocycles. The molecule has 1 N–H and O–H groups in total. The number of hydrogen-bond donors (Lipinski definition) is 1. The summed E-state index contributed by atoms with van der Waals surface area (Å²) in [7, 11) is 0. The fourth-order valence-corrected chi connectivity index (χ4v) is 3.03. The third-order valence-electron chi connectivity index (χ3n) is 3.93. The van der Waals surface area contributed by atoms with Crippen molar-refractivity contribution in [2.45, 2.75) is 58.4 Å². The first-order valence-corrected chi connectivity index (χ1v) is 7.55. The summed E-state index contributed by atoms with van der Waals surface area (Å²) in [6.45, 7) is 10.1. The molecule has 1 aromatic carbocycles. The highest BCUT2D eigenvalue weighted by molar-refractivity contribution is 5.40. The van der Waals surface area contributed by atoms with E-state index in [1.807, 2.05) is 0 Å². The minimum absolute atomic E-state index is 0.198. The predicted molar refractivity (Wildman–Crippen MR) is 83.5 cm³/mol. The molecule has 0 heterocycles. The highest BCUT2D eigenvalue weighted by Gasteiger charge is 2.25. The topological polar surface area (TPSA) is 12.0 Å². The molecular formula is C18H27N. The molecule has 1 aliphatic rings. The first-order valence-electron chi connectivity index (χ1n) is 7.55. The van der Waals surface area contributed by atoms with Crippen molar-refractivity contribution < 1.29 is 0 Å². The molecule has 0 saturated carbocycles. The summed E-state index contributed by atoms with van der Waals surface area (Å²) in [6.07, 6.45) is 6.24.